The molecule has 2 aliphatic rings. The average molecular weight is 452 g/mol. The Bertz CT molecular complexity index is 1190. The molecule has 9 nitrogen and oxygen atoms in total. The molecule has 0 aliphatic heterocycles. The largest absolute Gasteiger partial charge is 0.403 e. The van der Waals surface area contributed by atoms with Crippen molar-refractivity contribution in [3.8, 4) is 11.5 Å². The van der Waals surface area contributed by atoms with E-state index in [0.717, 1.165) is 36.0 Å². The molecule has 1 spiro atoms. The Labute approximate surface area is 193 Å². The number of carbonyl (C=O) groups excluding carboxylic acids is 1. The lowest BCUT2D eigenvalue weighted by Crippen LogP contribution is -2.36. The molecule has 3 aromatic rings. The Kier molecular flexibility index (Phi) is 5.10. The predicted octanol–water partition coefficient (Wildman–Crippen LogP) is 4.46. The van der Waals surface area contributed by atoms with Crippen LogP contribution in [0.25, 0.3) is 17.0 Å². The van der Waals surface area contributed by atoms with E-state index in [1.54, 1.807) is 4.52 Å². The van der Waals surface area contributed by atoms with Crippen LogP contribution in [0.4, 0.5) is 11.7 Å². The van der Waals surface area contributed by atoms with Gasteiger partial charge in [-0.3, -0.25) is 4.79 Å². The lowest BCUT2D eigenvalue weighted by Gasteiger charge is -2.35. The SMILES string of the molecule is CCC(CC)Nc1nnc(-c2cc3c(N[C@@H]4CCC5(CC5)C4(C)C)c(C(N)=O)cnn3c2)o1. The monoisotopic (exact) mass is 451 g/mol. The predicted molar refractivity (Wildman–Crippen MR) is 127 cm³/mol. The highest BCUT2D eigenvalue weighted by Crippen LogP contribution is 2.67. The molecule has 176 valence electrons. The zero-order valence-electron chi connectivity index (χ0n) is 19.8. The Morgan fingerprint density at radius 3 is 2.67 bits per heavy atom. The van der Waals surface area contributed by atoms with Gasteiger partial charge in [0.15, 0.2) is 0 Å². The van der Waals surface area contributed by atoms with E-state index < -0.39 is 5.91 Å². The molecule has 5 rings (SSSR count). The molecule has 4 N–H and O–H groups in total. The van der Waals surface area contributed by atoms with Crippen LogP contribution in [-0.4, -0.2) is 37.8 Å². The number of primary amides is 1. The average Bonchev–Trinajstić information content (AvgIpc) is 3.14. The minimum Gasteiger partial charge on any atom is -0.403 e. The maximum absolute atomic E-state index is 12.3. The summed E-state index contributed by atoms with van der Waals surface area (Å²) in [5.41, 5.74) is 8.91. The van der Waals surface area contributed by atoms with Gasteiger partial charge in [-0.2, -0.15) is 5.10 Å². The van der Waals surface area contributed by atoms with Crippen molar-refractivity contribution < 1.29 is 9.21 Å². The molecule has 9 heteroatoms. The molecular formula is C24H33N7O2. The van der Waals surface area contributed by atoms with E-state index in [-0.39, 0.29) is 17.5 Å². The van der Waals surface area contributed by atoms with E-state index in [1.807, 2.05) is 12.3 Å². The van der Waals surface area contributed by atoms with Gasteiger partial charge in [-0.05, 0) is 55.4 Å². The second-order valence-corrected chi connectivity index (χ2v) is 10.2. The molecule has 0 unspecified atom stereocenters. The fourth-order valence-electron chi connectivity index (χ4n) is 5.52. The van der Waals surface area contributed by atoms with Crippen molar-refractivity contribution >= 4 is 23.1 Å². The number of nitrogens with zero attached hydrogens (tertiary/aromatic N) is 4. The van der Waals surface area contributed by atoms with Crippen molar-refractivity contribution in [1.29, 1.82) is 0 Å². The standard InChI is InChI=1S/C24H33N7O2/c1-5-15(6-2)27-22-30-29-21(33-22)14-11-17-19(16(20(25)32)12-26-31(17)13-14)28-18-7-8-24(9-10-24)23(18,3)4/h11-13,15,18,28H,5-10H2,1-4H3,(H2,25,32)(H,27,30)/t18-/m1/s1. The van der Waals surface area contributed by atoms with Crippen LogP contribution in [0.5, 0.6) is 0 Å². The normalized spacial score (nSPS) is 20.6. The van der Waals surface area contributed by atoms with E-state index in [1.165, 1.54) is 25.5 Å². The van der Waals surface area contributed by atoms with Gasteiger partial charge in [0.25, 0.3) is 11.8 Å². The van der Waals surface area contributed by atoms with Crippen LogP contribution in [0.15, 0.2) is 22.9 Å². The van der Waals surface area contributed by atoms with Crippen molar-refractivity contribution in [2.75, 3.05) is 10.6 Å². The first-order valence-corrected chi connectivity index (χ1v) is 12.0. The Morgan fingerprint density at radius 1 is 1.27 bits per heavy atom. The highest BCUT2D eigenvalue weighted by molar-refractivity contribution is 6.02. The lowest BCUT2D eigenvalue weighted by atomic mass is 9.76. The summed E-state index contributed by atoms with van der Waals surface area (Å²) in [4.78, 5) is 12.3. The molecule has 0 saturated heterocycles. The highest BCUT2D eigenvalue weighted by Gasteiger charge is 2.61. The van der Waals surface area contributed by atoms with E-state index >= 15 is 0 Å². The number of amides is 1. The van der Waals surface area contributed by atoms with E-state index in [2.05, 4.69) is 53.6 Å². The zero-order valence-corrected chi connectivity index (χ0v) is 19.8. The fraction of sp³-hybridized carbons (Fsp3) is 0.583. The van der Waals surface area contributed by atoms with E-state index in [4.69, 9.17) is 10.2 Å². The van der Waals surface area contributed by atoms with Gasteiger partial charge in [-0.1, -0.05) is 32.8 Å². The Hall–Kier alpha value is -3.10. The quantitative estimate of drug-likeness (QED) is 0.462. The van der Waals surface area contributed by atoms with Gasteiger partial charge in [0.05, 0.1) is 28.5 Å². The molecule has 2 saturated carbocycles. The molecule has 3 heterocycles. The number of hydrogen-bond acceptors (Lipinski definition) is 7. The lowest BCUT2D eigenvalue weighted by molar-refractivity contribution is 0.100. The first-order valence-electron chi connectivity index (χ1n) is 12.0. The van der Waals surface area contributed by atoms with Gasteiger partial charge in [-0.15, -0.1) is 5.10 Å². The van der Waals surface area contributed by atoms with Crippen molar-refractivity contribution in [1.82, 2.24) is 19.8 Å². The number of carbonyl (C=O) groups is 1. The maximum Gasteiger partial charge on any atom is 0.315 e. The van der Waals surface area contributed by atoms with Crippen LogP contribution in [0.3, 0.4) is 0 Å². The third-order valence-electron chi connectivity index (χ3n) is 8.21. The van der Waals surface area contributed by atoms with Gasteiger partial charge < -0.3 is 20.8 Å². The van der Waals surface area contributed by atoms with Crippen molar-refractivity contribution in [3.05, 3.63) is 24.0 Å². The second-order valence-electron chi connectivity index (χ2n) is 10.2. The molecule has 0 aromatic carbocycles. The number of rotatable bonds is 8. The Morgan fingerprint density at radius 2 is 2.03 bits per heavy atom. The number of nitrogens with two attached hydrogens (primary N) is 1. The third-order valence-corrected chi connectivity index (χ3v) is 8.21. The summed E-state index contributed by atoms with van der Waals surface area (Å²) in [6, 6.07) is 2.86. The molecule has 1 atom stereocenters. The first-order chi connectivity index (χ1) is 15.8. The van der Waals surface area contributed by atoms with Gasteiger partial charge in [0.2, 0.25) is 0 Å². The van der Waals surface area contributed by atoms with Gasteiger partial charge in [-0.25, -0.2) is 4.52 Å². The number of hydrogen-bond donors (Lipinski definition) is 3. The zero-order chi connectivity index (χ0) is 23.4. The van der Waals surface area contributed by atoms with Gasteiger partial charge in [0.1, 0.15) is 0 Å². The first kappa shape index (κ1) is 21.7. The number of nitrogens with one attached hydrogen (secondary N) is 2. The number of fused-ring (bicyclic) bond motifs is 1. The summed E-state index contributed by atoms with van der Waals surface area (Å²) in [6.07, 6.45) is 10.2. The van der Waals surface area contributed by atoms with Crippen molar-refractivity contribution in [3.63, 3.8) is 0 Å². The van der Waals surface area contributed by atoms with E-state index in [0.29, 0.717) is 22.9 Å². The smallest absolute Gasteiger partial charge is 0.315 e. The molecule has 2 fully saturated rings. The molecule has 0 radical (unpaired) electrons. The Balaban J connectivity index is 1.50. The molecule has 2 aliphatic carbocycles. The summed E-state index contributed by atoms with van der Waals surface area (Å²) >= 11 is 0. The van der Waals surface area contributed by atoms with Gasteiger partial charge >= 0.3 is 6.01 Å². The minimum atomic E-state index is -0.498. The molecule has 3 aromatic heterocycles. The molecule has 0 bridgehead atoms. The summed E-state index contributed by atoms with van der Waals surface area (Å²) < 4.78 is 7.60. The second kappa shape index (κ2) is 7.74. The molecule has 1 amide bonds. The fourth-order valence-corrected chi connectivity index (χ4v) is 5.52. The van der Waals surface area contributed by atoms with Crippen molar-refractivity contribution in [2.24, 2.45) is 16.6 Å². The summed E-state index contributed by atoms with van der Waals surface area (Å²) in [5.74, 6) is -0.0969. The highest BCUT2D eigenvalue weighted by atomic mass is 16.4. The summed E-state index contributed by atoms with van der Waals surface area (Å²) in [7, 11) is 0. The third kappa shape index (κ3) is 3.54. The minimum absolute atomic E-state index is 0.139. The van der Waals surface area contributed by atoms with Crippen LogP contribution < -0.4 is 16.4 Å². The summed E-state index contributed by atoms with van der Waals surface area (Å²) in [5, 5.41) is 19.7. The molecular weight excluding hydrogens is 418 g/mol. The van der Waals surface area contributed by atoms with Crippen LogP contribution in [0.1, 0.15) is 76.6 Å². The van der Waals surface area contributed by atoms with Crippen LogP contribution >= 0.6 is 0 Å². The van der Waals surface area contributed by atoms with E-state index in [9.17, 15) is 4.79 Å². The topological polar surface area (TPSA) is 123 Å². The van der Waals surface area contributed by atoms with Crippen LogP contribution in [-0.2, 0) is 0 Å². The van der Waals surface area contributed by atoms with Crippen LogP contribution in [0.2, 0.25) is 0 Å². The number of anilines is 2. The maximum atomic E-state index is 12.3. The molecule has 33 heavy (non-hydrogen) atoms. The summed E-state index contributed by atoms with van der Waals surface area (Å²) in [6.45, 7) is 8.91. The van der Waals surface area contributed by atoms with Crippen LogP contribution in [0, 0.1) is 10.8 Å². The van der Waals surface area contributed by atoms with Gasteiger partial charge in [0, 0.05) is 18.3 Å². The van der Waals surface area contributed by atoms with Crippen molar-refractivity contribution in [2.45, 2.75) is 78.3 Å². The number of aromatic nitrogens is 4.